The highest BCUT2D eigenvalue weighted by Crippen LogP contribution is 2.24. The predicted molar refractivity (Wildman–Crippen MR) is 102 cm³/mol. The Labute approximate surface area is 153 Å². The lowest BCUT2D eigenvalue weighted by molar-refractivity contribution is 0.0737. The summed E-state index contributed by atoms with van der Waals surface area (Å²) in [7, 11) is 1.93. The Morgan fingerprint density at radius 1 is 1.19 bits per heavy atom. The molecule has 0 bridgehead atoms. The van der Waals surface area contributed by atoms with E-state index in [1.165, 1.54) is 0 Å². The molecule has 1 amide bonds. The van der Waals surface area contributed by atoms with Gasteiger partial charge in [-0.3, -0.25) is 9.78 Å². The van der Waals surface area contributed by atoms with E-state index in [1.54, 1.807) is 24.5 Å². The molecule has 2 aromatic heterocycles. The summed E-state index contributed by atoms with van der Waals surface area (Å²) in [5.74, 6) is 0.836. The maximum atomic E-state index is 13.1. The lowest BCUT2D eigenvalue weighted by Crippen LogP contribution is -2.32. The Balaban J connectivity index is 1.89. The van der Waals surface area contributed by atoms with Crippen LogP contribution in [0, 0.1) is 0 Å². The number of hydrogen-bond donors (Lipinski definition) is 1. The van der Waals surface area contributed by atoms with Crippen LogP contribution in [0.15, 0.2) is 55.0 Å². The maximum absolute atomic E-state index is 13.1. The molecule has 3 rings (SSSR count). The van der Waals surface area contributed by atoms with Gasteiger partial charge in [-0.05, 0) is 30.7 Å². The van der Waals surface area contributed by atoms with Crippen LogP contribution in [0.4, 0.5) is 5.69 Å². The third-order valence-corrected chi connectivity index (χ3v) is 4.26. The molecule has 0 aliphatic rings. The molecule has 0 spiro atoms. The van der Waals surface area contributed by atoms with E-state index in [1.807, 2.05) is 47.0 Å². The van der Waals surface area contributed by atoms with Crippen LogP contribution in [0.25, 0.3) is 11.3 Å². The summed E-state index contributed by atoms with van der Waals surface area (Å²) in [6.07, 6.45) is 6.20. The van der Waals surface area contributed by atoms with Crippen molar-refractivity contribution < 1.29 is 4.79 Å². The molecule has 26 heavy (non-hydrogen) atoms. The van der Waals surface area contributed by atoms with E-state index in [4.69, 9.17) is 5.73 Å². The second-order valence-corrected chi connectivity index (χ2v) is 6.20. The summed E-state index contributed by atoms with van der Waals surface area (Å²) in [5.41, 5.74) is 8.76. The number of amides is 1. The minimum atomic E-state index is -0.0220. The minimum absolute atomic E-state index is 0.0220. The molecule has 0 atom stereocenters. The van der Waals surface area contributed by atoms with Crippen molar-refractivity contribution in [2.24, 2.45) is 7.05 Å². The summed E-state index contributed by atoms with van der Waals surface area (Å²) in [4.78, 5) is 23.6. The topological polar surface area (TPSA) is 77.0 Å². The summed E-state index contributed by atoms with van der Waals surface area (Å²) in [6, 6.07) is 11.1. The third-order valence-electron chi connectivity index (χ3n) is 4.26. The third kappa shape index (κ3) is 3.74. The van der Waals surface area contributed by atoms with Gasteiger partial charge in [0.05, 0.1) is 17.9 Å². The molecular formula is C20H23N5O. The maximum Gasteiger partial charge on any atom is 0.254 e. The Kier molecular flexibility index (Phi) is 5.31. The molecule has 0 saturated carbocycles. The lowest BCUT2D eigenvalue weighted by atomic mass is 10.1. The number of hydrogen-bond acceptors (Lipinski definition) is 4. The number of benzene rings is 1. The van der Waals surface area contributed by atoms with Crippen molar-refractivity contribution >= 4 is 11.6 Å². The standard InChI is InChI=1S/C20H23N5O/c1-3-11-25(14-18-22-10-12-24(18)2)20(26)16-7-4-6-15(13-16)19-17(21)8-5-9-23-19/h4-10,12-13H,3,11,14,21H2,1-2H3. The monoisotopic (exact) mass is 349 g/mol. The van der Waals surface area contributed by atoms with E-state index < -0.39 is 0 Å². The number of carbonyl (C=O) groups is 1. The number of aryl methyl sites for hydroxylation is 1. The molecule has 0 aliphatic carbocycles. The molecule has 0 radical (unpaired) electrons. The van der Waals surface area contributed by atoms with Crippen molar-refractivity contribution in [2.45, 2.75) is 19.9 Å². The van der Waals surface area contributed by atoms with Gasteiger partial charge in [-0.2, -0.15) is 0 Å². The van der Waals surface area contributed by atoms with Crippen LogP contribution < -0.4 is 5.73 Å². The number of nitrogens with zero attached hydrogens (tertiary/aromatic N) is 4. The summed E-state index contributed by atoms with van der Waals surface area (Å²) >= 11 is 0. The number of anilines is 1. The van der Waals surface area contributed by atoms with E-state index in [2.05, 4.69) is 16.9 Å². The molecule has 0 saturated heterocycles. The van der Waals surface area contributed by atoms with Crippen molar-refractivity contribution in [1.29, 1.82) is 0 Å². The van der Waals surface area contributed by atoms with Crippen LogP contribution in [0.2, 0.25) is 0 Å². The van der Waals surface area contributed by atoms with Gasteiger partial charge >= 0.3 is 0 Å². The smallest absolute Gasteiger partial charge is 0.254 e. The lowest BCUT2D eigenvalue weighted by Gasteiger charge is -2.22. The first kappa shape index (κ1) is 17.7. The molecule has 0 fully saturated rings. The Morgan fingerprint density at radius 3 is 2.73 bits per heavy atom. The average Bonchev–Trinajstić information content (AvgIpc) is 3.06. The van der Waals surface area contributed by atoms with Crippen molar-refractivity contribution in [2.75, 3.05) is 12.3 Å². The van der Waals surface area contributed by atoms with Crippen LogP contribution in [0.1, 0.15) is 29.5 Å². The molecule has 1 aromatic carbocycles. The number of imidazole rings is 1. The van der Waals surface area contributed by atoms with Crippen LogP contribution >= 0.6 is 0 Å². The first-order valence-corrected chi connectivity index (χ1v) is 8.66. The fourth-order valence-electron chi connectivity index (χ4n) is 2.88. The molecule has 3 aromatic rings. The Morgan fingerprint density at radius 2 is 2.04 bits per heavy atom. The van der Waals surface area contributed by atoms with Gasteiger partial charge in [0.2, 0.25) is 0 Å². The molecule has 6 nitrogen and oxygen atoms in total. The second-order valence-electron chi connectivity index (χ2n) is 6.20. The zero-order valence-electron chi connectivity index (χ0n) is 15.1. The number of carbonyl (C=O) groups excluding carboxylic acids is 1. The van der Waals surface area contributed by atoms with Crippen LogP contribution in [0.5, 0.6) is 0 Å². The van der Waals surface area contributed by atoms with Crippen molar-refractivity contribution in [3.63, 3.8) is 0 Å². The Bertz CT molecular complexity index is 902. The average molecular weight is 349 g/mol. The summed E-state index contributed by atoms with van der Waals surface area (Å²) in [5, 5.41) is 0. The van der Waals surface area contributed by atoms with Gasteiger partial charge in [-0.25, -0.2) is 4.98 Å². The summed E-state index contributed by atoms with van der Waals surface area (Å²) < 4.78 is 1.93. The van der Waals surface area contributed by atoms with Gasteiger partial charge < -0.3 is 15.2 Å². The molecule has 134 valence electrons. The first-order chi connectivity index (χ1) is 12.6. The number of nitrogens with two attached hydrogens (primary N) is 1. The van der Waals surface area contributed by atoms with E-state index >= 15 is 0 Å². The number of nitrogen functional groups attached to an aromatic ring is 1. The van der Waals surface area contributed by atoms with Gasteiger partial charge in [0.25, 0.3) is 5.91 Å². The molecular weight excluding hydrogens is 326 g/mol. The van der Waals surface area contributed by atoms with E-state index in [0.717, 1.165) is 17.8 Å². The highest BCUT2D eigenvalue weighted by Gasteiger charge is 2.18. The molecule has 2 N–H and O–H groups in total. The SMILES string of the molecule is CCCN(Cc1nccn1C)C(=O)c1cccc(-c2ncccc2N)c1. The van der Waals surface area contributed by atoms with Gasteiger partial charge in [0.15, 0.2) is 0 Å². The first-order valence-electron chi connectivity index (χ1n) is 8.66. The minimum Gasteiger partial charge on any atom is -0.397 e. The molecule has 2 heterocycles. The van der Waals surface area contributed by atoms with Crippen molar-refractivity contribution in [3.8, 4) is 11.3 Å². The number of pyridine rings is 1. The molecule has 0 aliphatic heterocycles. The highest BCUT2D eigenvalue weighted by molar-refractivity contribution is 5.95. The normalized spacial score (nSPS) is 10.7. The van der Waals surface area contributed by atoms with E-state index in [0.29, 0.717) is 30.0 Å². The zero-order valence-corrected chi connectivity index (χ0v) is 15.1. The quantitative estimate of drug-likeness (QED) is 0.742. The van der Waals surface area contributed by atoms with Crippen LogP contribution in [0.3, 0.4) is 0 Å². The van der Waals surface area contributed by atoms with Gasteiger partial charge in [0.1, 0.15) is 5.82 Å². The second kappa shape index (κ2) is 7.82. The van der Waals surface area contributed by atoms with Gasteiger partial charge in [0, 0.05) is 43.3 Å². The highest BCUT2D eigenvalue weighted by atomic mass is 16.2. The predicted octanol–water partition coefficient (Wildman–Crippen LogP) is 3.12. The summed E-state index contributed by atoms with van der Waals surface area (Å²) in [6.45, 7) is 3.21. The zero-order chi connectivity index (χ0) is 18.5. The van der Waals surface area contributed by atoms with E-state index in [9.17, 15) is 4.79 Å². The van der Waals surface area contributed by atoms with Crippen LogP contribution in [-0.4, -0.2) is 31.9 Å². The van der Waals surface area contributed by atoms with E-state index in [-0.39, 0.29) is 5.91 Å². The molecule has 0 unspecified atom stereocenters. The fraction of sp³-hybridized carbons (Fsp3) is 0.250. The number of aromatic nitrogens is 3. The van der Waals surface area contributed by atoms with Crippen LogP contribution in [-0.2, 0) is 13.6 Å². The number of rotatable bonds is 6. The van der Waals surface area contributed by atoms with Gasteiger partial charge in [-0.15, -0.1) is 0 Å². The molecule has 6 heteroatoms. The van der Waals surface area contributed by atoms with Crippen molar-refractivity contribution in [3.05, 3.63) is 66.4 Å². The Hall–Kier alpha value is -3.15. The van der Waals surface area contributed by atoms with Crippen molar-refractivity contribution in [1.82, 2.24) is 19.4 Å². The van der Waals surface area contributed by atoms with Gasteiger partial charge in [-0.1, -0.05) is 19.1 Å². The largest absolute Gasteiger partial charge is 0.397 e. The fourth-order valence-corrected chi connectivity index (χ4v) is 2.88.